The van der Waals surface area contributed by atoms with E-state index >= 15 is 0 Å². The fourth-order valence-corrected chi connectivity index (χ4v) is 2.32. The van der Waals surface area contributed by atoms with Gasteiger partial charge in [-0.25, -0.2) is 4.79 Å². The van der Waals surface area contributed by atoms with Crippen molar-refractivity contribution >= 4 is 17.5 Å². The van der Waals surface area contributed by atoms with Crippen molar-refractivity contribution in [3.05, 3.63) is 52.8 Å². The van der Waals surface area contributed by atoms with Gasteiger partial charge >= 0.3 is 6.09 Å². The van der Waals surface area contributed by atoms with Crippen molar-refractivity contribution in [3.63, 3.8) is 0 Å². The van der Waals surface area contributed by atoms with Gasteiger partial charge in [-0.15, -0.1) is 0 Å². The summed E-state index contributed by atoms with van der Waals surface area (Å²) in [6, 6.07) is 7.99. The maximum atomic E-state index is 11.6. The van der Waals surface area contributed by atoms with Gasteiger partial charge in [0.1, 0.15) is 5.69 Å². The van der Waals surface area contributed by atoms with Crippen molar-refractivity contribution in [1.82, 2.24) is 4.98 Å². The second kappa shape index (κ2) is 6.04. The van der Waals surface area contributed by atoms with E-state index in [-0.39, 0.29) is 11.4 Å². The van der Waals surface area contributed by atoms with E-state index < -0.39 is 16.6 Å². The maximum Gasteiger partial charge on any atom is 0.412 e. The molecule has 23 heavy (non-hydrogen) atoms. The maximum absolute atomic E-state index is 11.6. The number of aromatic nitrogens is 1. The lowest BCUT2D eigenvalue weighted by Gasteiger charge is -2.32. The van der Waals surface area contributed by atoms with E-state index in [9.17, 15) is 20.0 Å². The van der Waals surface area contributed by atoms with Crippen molar-refractivity contribution in [2.24, 2.45) is 0 Å². The number of carbonyl (C=O) groups is 1. The molecule has 1 aromatic carbocycles. The summed E-state index contributed by atoms with van der Waals surface area (Å²) in [6.07, 6.45) is 1.96. The molecule has 7 nitrogen and oxygen atoms in total. The molecule has 0 fully saturated rings. The van der Waals surface area contributed by atoms with E-state index in [1.54, 1.807) is 51.4 Å². The highest BCUT2D eigenvalue weighted by atomic mass is 16.6. The zero-order chi connectivity index (χ0) is 17.2. The summed E-state index contributed by atoms with van der Waals surface area (Å²) in [5.41, 5.74) is 0.297. The Kier molecular flexibility index (Phi) is 4.31. The van der Waals surface area contributed by atoms with Crippen molar-refractivity contribution in [2.45, 2.75) is 26.3 Å². The van der Waals surface area contributed by atoms with Gasteiger partial charge in [0.05, 0.1) is 4.92 Å². The molecule has 1 amide bonds. The average Bonchev–Trinajstić information content (AvgIpc) is 2.46. The largest absolute Gasteiger partial charge is 0.465 e. The first-order valence-corrected chi connectivity index (χ1v) is 6.94. The van der Waals surface area contributed by atoms with Gasteiger partial charge in [0.15, 0.2) is 0 Å². The van der Waals surface area contributed by atoms with Gasteiger partial charge in [-0.05, 0) is 38.5 Å². The highest BCUT2D eigenvalue weighted by Crippen LogP contribution is 2.36. The highest BCUT2D eigenvalue weighted by molar-refractivity contribution is 5.91. The normalized spacial score (nSPS) is 11.1. The molecule has 0 aliphatic rings. The molecule has 2 rings (SSSR count). The van der Waals surface area contributed by atoms with Gasteiger partial charge < -0.3 is 5.11 Å². The summed E-state index contributed by atoms with van der Waals surface area (Å²) in [7, 11) is 0. The van der Waals surface area contributed by atoms with Gasteiger partial charge in [-0.3, -0.25) is 20.0 Å². The molecule has 0 aliphatic heterocycles. The standard InChI is InChI=1S/C16H17N3O4/c1-16(2,3)18(15(20)21)13-7-6-11(9-14(13)19(22)23)12-5-4-8-17-10-12/h4-10H,1-3H3,(H,20,21). The van der Waals surface area contributed by atoms with Crippen molar-refractivity contribution in [1.29, 1.82) is 0 Å². The molecule has 0 aliphatic carbocycles. The van der Waals surface area contributed by atoms with Crippen LogP contribution in [0.4, 0.5) is 16.2 Å². The second-order valence-corrected chi connectivity index (χ2v) is 5.99. The third-order valence-corrected chi connectivity index (χ3v) is 3.27. The number of nitro benzene ring substituents is 1. The first-order chi connectivity index (χ1) is 10.7. The Labute approximate surface area is 133 Å². The lowest BCUT2D eigenvalue weighted by Crippen LogP contribution is -2.45. The fraction of sp³-hybridized carbons (Fsp3) is 0.250. The molecule has 0 unspecified atom stereocenters. The predicted octanol–water partition coefficient (Wildman–Crippen LogP) is 3.94. The zero-order valence-electron chi connectivity index (χ0n) is 13.1. The fourth-order valence-electron chi connectivity index (χ4n) is 2.32. The number of rotatable bonds is 3. The Morgan fingerprint density at radius 3 is 2.43 bits per heavy atom. The van der Waals surface area contributed by atoms with Crippen molar-refractivity contribution in [2.75, 3.05) is 4.90 Å². The minimum atomic E-state index is -1.24. The molecular weight excluding hydrogens is 298 g/mol. The first kappa shape index (κ1) is 16.4. The van der Waals surface area contributed by atoms with Crippen LogP contribution >= 0.6 is 0 Å². The lowest BCUT2D eigenvalue weighted by atomic mass is 10.0. The predicted molar refractivity (Wildman–Crippen MR) is 86.6 cm³/mol. The van der Waals surface area contributed by atoms with E-state index in [2.05, 4.69) is 4.98 Å². The number of hydrogen-bond donors (Lipinski definition) is 1. The Hall–Kier alpha value is -2.96. The number of anilines is 1. The van der Waals surface area contributed by atoms with Crippen LogP contribution in [0.3, 0.4) is 0 Å². The Balaban J connectivity index is 2.62. The molecular formula is C16H17N3O4. The van der Waals surface area contributed by atoms with Gasteiger partial charge in [0, 0.05) is 29.6 Å². The molecule has 0 spiro atoms. The molecule has 1 N–H and O–H groups in total. The number of nitrogens with zero attached hydrogens (tertiary/aromatic N) is 3. The lowest BCUT2D eigenvalue weighted by molar-refractivity contribution is -0.384. The van der Waals surface area contributed by atoms with Crippen molar-refractivity contribution in [3.8, 4) is 11.1 Å². The van der Waals surface area contributed by atoms with Crippen LogP contribution in [0.1, 0.15) is 20.8 Å². The molecule has 2 aromatic rings. The molecule has 0 radical (unpaired) electrons. The van der Waals surface area contributed by atoms with Gasteiger partial charge in [0.25, 0.3) is 5.69 Å². The molecule has 7 heteroatoms. The molecule has 1 aromatic heterocycles. The molecule has 1 heterocycles. The Morgan fingerprint density at radius 1 is 1.26 bits per heavy atom. The van der Waals surface area contributed by atoms with E-state index in [4.69, 9.17) is 0 Å². The quantitative estimate of drug-likeness (QED) is 0.683. The third kappa shape index (κ3) is 3.45. The number of pyridine rings is 1. The minimum Gasteiger partial charge on any atom is -0.465 e. The summed E-state index contributed by atoms with van der Waals surface area (Å²) in [5.74, 6) is 0. The summed E-state index contributed by atoms with van der Waals surface area (Å²) < 4.78 is 0. The zero-order valence-corrected chi connectivity index (χ0v) is 13.1. The number of carboxylic acid groups (broad SMARTS) is 1. The van der Waals surface area contributed by atoms with Crippen LogP contribution in [-0.2, 0) is 0 Å². The SMILES string of the molecule is CC(C)(C)N(C(=O)O)c1ccc(-c2cccnc2)cc1[N+](=O)[O-]. The number of benzene rings is 1. The summed E-state index contributed by atoms with van der Waals surface area (Å²) >= 11 is 0. The highest BCUT2D eigenvalue weighted by Gasteiger charge is 2.33. The summed E-state index contributed by atoms with van der Waals surface area (Å²) in [6.45, 7) is 5.04. The van der Waals surface area contributed by atoms with Gasteiger partial charge in [-0.1, -0.05) is 12.1 Å². The average molecular weight is 315 g/mol. The van der Waals surface area contributed by atoms with Gasteiger partial charge in [-0.2, -0.15) is 0 Å². The van der Waals surface area contributed by atoms with Gasteiger partial charge in [0.2, 0.25) is 0 Å². The van der Waals surface area contributed by atoms with Crippen LogP contribution in [0.2, 0.25) is 0 Å². The smallest absolute Gasteiger partial charge is 0.412 e. The topological polar surface area (TPSA) is 96.6 Å². The first-order valence-electron chi connectivity index (χ1n) is 6.94. The van der Waals surface area contributed by atoms with E-state index in [0.29, 0.717) is 5.56 Å². The summed E-state index contributed by atoms with van der Waals surface area (Å²) in [4.78, 5) is 27.4. The van der Waals surface area contributed by atoms with Crippen LogP contribution < -0.4 is 4.90 Å². The minimum absolute atomic E-state index is 0.0441. The van der Waals surface area contributed by atoms with Crippen molar-refractivity contribution < 1.29 is 14.8 Å². The van der Waals surface area contributed by atoms with E-state index in [0.717, 1.165) is 10.5 Å². The van der Waals surface area contributed by atoms with Crippen LogP contribution in [0, 0.1) is 10.1 Å². The number of amides is 1. The van der Waals surface area contributed by atoms with Crippen LogP contribution in [0.5, 0.6) is 0 Å². The number of nitro groups is 1. The summed E-state index contributed by atoms with van der Waals surface area (Å²) in [5, 5.41) is 20.9. The van der Waals surface area contributed by atoms with E-state index in [1.165, 1.54) is 12.1 Å². The molecule has 0 saturated carbocycles. The van der Waals surface area contributed by atoms with Crippen LogP contribution in [-0.4, -0.2) is 26.6 Å². The Bertz CT molecular complexity index is 739. The van der Waals surface area contributed by atoms with E-state index in [1.807, 2.05) is 0 Å². The number of hydrogen-bond acceptors (Lipinski definition) is 4. The molecule has 120 valence electrons. The van der Waals surface area contributed by atoms with Crippen LogP contribution in [0.15, 0.2) is 42.7 Å². The Morgan fingerprint density at radius 2 is 1.96 bits per heavy atom. The monoisotopic (exact) mass is 315 g/mol. The third-order valence-electron chi connectivity index (χ3n) is 3.27. The van der Waals surface area contributed by atoms with Crippen LogP contribution in [0.25, 0.3) is 11.1 Å². The molecule has 0 saturated heterocycles. The molecule has 0 atom stereocenters. The second-order valence-electron chi connectivity index (χ2n) is 5.99. The molecule has 0 bridgehead atoms.